The third-order valence-corrected chi connectivity index (χ3v) is 5.49. The minimum absolute atomic E-state index is 0.0662. The molecule has 1 amide bonds. The number of ether oxygens (including phenoxy) is 1. The van der Waals surface area contributed by atoms with Crippen LogP contribution in [0.5, 0.6) is 0 Å². The molecule has 0 saturated carbocycles. The first-order valence-corrected chi connectivity index (χ1v) is 9.83. The third kappa shape index (κ3) is 5.39. The van der Waals surface area contributed by atoms with Crippen molar-refractivity contribution in [1.82, 2.24) is 0 Å². The molecule has 1 saturated heterocycles. The Kier molecular flexibility index (Phi) is 6.24. The average Bonchev–Trinajstić information content (AvgIpc) is 3.24. The molecule has 134 valence electrons. The van der Waals surface area contributed by atoms with Gasteiger partial charge in [-0.15, -0.1) is 11.3 Å². The van der Waals surface area contributed by atoms with Crippen LogP contribution in [0.25, 0.3) is 0 Å². The van der Waals surface area contributed by atoms with E-state index in [1.165, 1.54) is 15.3 Å². The molecule has 0 radical (unpaired) electrons. The van der Waals surface area contributed by atoms with E-state index in [0.717, 1.165) is 43.8 Å². The summed E-state index contributed by atoms with van der Waals surface area (Å²) >= 11 is 1.75. The highest BCUT2D eigenvalue weighted by molar-refractivity contribution is 7.09. The Morgan fingerprint density at radius 3 is 2.92 bits per heavy atom. The molecule has 25 heavy (non-hydrogen) atoms. The van der Waals surface area contributed by atoms with E-state index in [1.54, 1.807) is 11.3 Å². The number of benzene rings is 1. The molecule has 2 heterocycles. The van der Waals surface area contributed by atoms with Gasteiger partial charge in [0.2, 0.25) is 0 Å². The van der Waals surface area contributed by atoms with Crippen LogP contribution in [0.4, 0.5) is 5.69 Å². The number of nitrogens with one attached hydrogen (secondary N) is 2. The summed E-state index contributed by atoms with van der Waals surface area (Å²) in [5.41, 5.74) is 3.22. The third-order valence-electron chi connectivity index (χ3n) is 4.61. The van der Waals surface area contributed by atoms with Crippen LogP contribution in [0, 0.1) is 13.8 Å². The normalized spacial score (nSPS) is 18.2. The van der Waals surface area contributed by atoms with Gasteiger partial charge >= 0.3 is 0 Å². The van der Waals surface area contributed by atoms with Gasteiger partial charge in [-0.25, -0.2) is 0 Å². The fourth-order valence-corrected chi connectivity index (χ4v) is 4.15. The molecular weight excluding hydrogens is 332 g/mol. The Hall–Kier alpha value is -1.69. The first-order valence-electron chi connectivity index (χ1n) is 8.95. The minimum Gasteiger partial charge on any atom is -0.372 e. The summed E-state index contributed by atoms with van der Waals surface area (Å²) < 4.78 is 5.79. The van der Waals surface area contributed by atoms with E-state index in [4.69, 9.17) is 4.74 Å². The quantitative estimate of drug-likeness (QED) is 0.798. The fraction of sp³-hybridized carbons (Fsp3) is 0.450. The minimum atomic E-state index is 0.0662. The molecule has 3 rings (SSSR count). The Labute approximate surface area is 153 Å². The molecule has 0 spiro atoms. The lowest BCUT2D eigenvalue weighted by Gasteiger charge is -2.21. The van der Waals surface area contributed by atoms with Crippen LogP contribution in [0.3, 0.4) is 0 Å². The molecule has 1 fully saturated rings. The monoisotopic (exact) mass is 359 g/mol. The molecular formula is C20H27N2O2S+. The van der Waals surface area contributed by atoms with Crippen molar-refractivity contribution in [3.63, 3.8) is 0 Å². The SMILES string of the molecule is Cc1ccc(NC(=O)C[NH+](Cc2cccs2)C[C@H]2CCCO2)c(C)c1. The number of anilines is 1. The van der Waals surface area contributed by atoms with Gasteiger partial charge in [0.25, 0.3) is 5.91 Å². The lowest BCUT2D eigenvalue weighted by Crippen LogP contribution is -3.12. The molecule has 2 N–H and O–H groups in total. The van der Waals surface area contributed by atoms with Crippen molar-refractivity contribution in [2.75, 3.05) is 25.0 Å². The van der Waals surface area contributed by atoms with Crippen molar-refractivity contribution in [2.45, 2.75) is 39.3 Å². The predicted molar refractivity (Wildman–Crippen MR) is 102 cm³/mol. The lowest BCUT2D eigenvalue weighted by molar-refractivity contribution is -0.908. The van der Waals surface area contributed by atoms with Gasteiger partial charge in [-0.2, -0.15) is 0 Å². The van der Waals surface area contributed by atoms with Gasteiger partial charge in [0.15, 0.2) is 6.54 Å². The van der Waals surface area contributed by atoms with E-state index < -0.39 is 0 Å². The maximum absolute atomic E-state index is 12.6. The van der Waals surface area contributed by atoms with Gasteiger partial charge in [0.05, 0.1) is 4.88 Å². The Bertz CT molecular complexity index is 694. The largest absolute Gasteiger partial charge is 0.372 e. The van der Waals surface area contributed by atoms with Crippen LogP contribution >= 0.6 is 11.3 Å². The van der Waals surface area contributed by atoms with E-state index in [0.29, 0.717) is 6.54 Å². The second-order valence-electron chi connectivity index (χ2n) is 6.89. The molecule has 1 aromatic heterocycles. The number of hydrogen-bond donors (Lipinski definition) is 2. The molecule has 5 heteroatoms. The molecule has 0 aliphatic carbocycles. The van der Waals surface area contributed by atoms with E-state index in [-0.39, 0.29) is 12.0 Å². The van der Waals surface area contributed by atoms with Crippen molar-refractivity contribution in [2.24, 2.45) is 0 Å². The highest BCUT2D eigenvalue weighted by Gasteiger charge is 2.24. The topological polar surface area (TPSA) is 42.8 Å². The summed E-state index contributed by atoms with van der Waals surface area (Å²) in [4.78, 5) is 15.2. The molecule has 2 atom stereocenters. The van der Waals surface area contributed by atoms with Crippen molar-refractivity contribution in [1.29, 1.82) is 0 Å². The van der Waals surface area contributed by atoms with E-state index in [2.05, 4.69) is 35.8 Å². The van der Waals surface area contributed by atoms with Gasteiger partial charge in [-0.3, -0.25) is 4.79 Å². The number of carbonyl (C=O) groups is 1. The maximum Gasteiger partial charge on any atom is 0.279 e. The van der Waals surface area contributed by atoms with E-state index in [1.807, 2.05) is 19.1 Å². The maximum atomic E-state index is 12.6. The smallest absolute Gasteiger partial charge is 0.279 e. The number of rotatable bonds is 7. The van der Waals surface area contributed by atoms with Gasteiger partial charge in [-0.05, 0) is 49.8 Å². The molecule has 1 aliphatic rings. The van der Waals surface area contributed by atoms with Crippen molar-refractivity contribution < 1.29 is 14.4 Å². The van der Waals surface area contributed by atoms with Gasteiger partial charge in [0.1, 0.15) is 19.2 Å². The van der Waals surface area contributed by atoms with Crippen LogP contribution < -0.4 is 10.2 Å². The first kappa shape index (κ1) is 18.1. The molecule has 1 unspecified atom stereocenters. The van der Waals surface area contributed by atoms with Crippen LogP contribution in [-0.4, -0.2) is 31.7 Å². The number of aryl methyl sites for hydroxylation is 2. The number of hydrogen-bond acceptors (Lipinski definition) is 3. The van der Waals surface area contributed by atoms with Crippen LogP contribution in [-0.2, 0) is 16.1 Å². The molecule has 1 aliphatic heterocycles. The molecule has 1 aromatic carbocycles. The number of thiophene rings is 1. The summed E-state index contributed by atoms with van der Waals surface area (Å²) in [7, 11) is 0. The highest BCUT2D eigenvalue weighted by atomic mass is 32.1. The summed E-state index contributed by atoms with van der Waals surface area (Å²) in [6.45, 7) is 7.17. The standard InChI is InChI=1S/C20H26N2O2S/c1-15-7-8-19(16(2)11-15)21-20(23)14-22(12-17-5-3-9-24-17)13-18-6-4-10-25-18/h4,6-8,10-11,17H,3,5,9,12-14H2,1-2H3,(H,21,23)/p+1/t17-/m1/s1. The highest BCUT2D eigenvalue weighted by Crippen LogP contribution is 2.15. The second kappa shape index (κ2) is 8.61. The Morgan fingerprint density at radius 1 is 1.36 bits per heavy atom. The number of carbonyl (C=O) groups excluding carboxylic acids is 1. The van der Waals surface area contributed by atoms with Gasteiger partial charge in [0, 0.05) is 12.3 Å². The predicted octanol–water partition coefficient (Wildman–Crippen LogP) is 2.57. The lowest BCUT2D eigenvalue weighted by atomic mass is 10.1. The number of amides is 1. The van der Waals surface area contributed by atoms with E-state index in [9.17, 15) is 4.79 Å². The Balaban J connectivity index is 1.62. The second-order valence-corrected chi connectivity index (χ2v) is 7.92. The zero-order valence-electron chi connectivity index (χ0n) is 15.0. The summed E-state index contributed by atoms with van der Waals surface area (Å²) in [6.07, 6.45) is 2.52. The van der Waals surface area contributed by atoms with Crippen LogP contribution in [0.15, 0.2) is 35.7 Å². The Morgan fingerprint density at radius 2 is 2.24 bits per heavy atom. The van der Waals surface area contributed by atoms with Gasteiger partial charge in [-0.1, -0.05) is 23.8 Å². The fourth-order valence-electron chi connectivity index (χ4n) is 3.37. The summed E-state index contributed by atoms with van der Waals surface area (Å²) in [5.74, 6) is 0.0662. The number of quaternary nitrogens is 1. The van der Waals surface area contributed by atoms with Crippen molar-refractivity contribution in [3.8, 4) is 0 Å². The van der Waals surface area contributed by atoms with Gasteiger partial charge < -0.3 is 15.0 Å². The van der Waals surface area contributed by atoms with Crippen LogP contribution in [0.2, 0.25) is 0 Å². The van der Waals surface area contributed by atoms with Crippen molar-refractivity contribution in [3.05, 3.63) is 51.7 Å². The first-order chi connectivity index (χ1) is 12.1. The summed E-state index contributed by atoms with van der Waals surface area (Å²) in [5, 5.41) is 5.17. The molecule has 2 aromatic rings. The zero-order valence-corrected chi connectivity index (χ0v) is 15.8. The summed E-state index contributed by atoms with van der Waals surface area (Å²) in [6, 6.07) is 10.3. The zero-order chi connectivity index (χ0) is 17.6. The average molecular weight is 360 g/mol. The molecule has 0 bridgehead atoms. The van der Waals surface area contributed by atoms with Crippen LogP contribution in [0.1, 0.15) is 28.8 Å². The van der Waals surface area contributed by atoms with Crippen molar-refractivity contribution >= 4 is 22.9 Å². The molecule has 4 nitrogen and oxygen atoms in total. The van der Waals surface area contributed by atoms with E-state index >= 15 is 0 Å².